The van der Waals surface area contributed by atoms with Crippen molar-refractivity contribution in [1.82, 2.24) is 16.0 Å². The van der Waals surface area contributed by atoms with Crippen LogP contribution in [0.15, 0.2) is 0 Å². The highest BCUT2D eigenvalue weighted by Crippen LogP contribution is 2.44. The fourth-order valence-corrected chi connectivity index (χ4v) is 3.33. The van der Waals surface area contributed by atoms with Gasteiger partial charge in [-0.2, -0.15) is 0 Å². The molecule has 0 radical (unpaired) electrons. The van der Waals surface area contributed by atoms with Crippen molar-refractivity contribution in [3.8, 4) is 0 Å². The number of hydrogen-bond donors (Lipinski definition) is 3. The van der Waals surface area contributed by atoms with Crippen LogP contribution in [0.2, 0.25) is 0 Å². The van der Waals surface area contributed by atoms with Crippen LogP contribution in [0.3, 0.4) is 0 Å². The summed E-state index contributed by atoms with van der Waals surface area (Å²) >= 11 is 0. The fourth-order valence-electron chi connectivity index (χ4n) is 1.92. The van der Waals surface area contributed by atoms with E-state index >= 15 is 0 Å². The Kier molecular flexibility index (Phi) is 14.9. The zero-order valence-electron chi connectivity index (χ0n) is 15.1. The van der Waals surface area contributed by atoms with Crippen molar-refractivity contribution < 1.29 is 13.6 Å². The maximum Gasteiger partial charge on any atom is 0.337 e. The van der Waals surface area contributed by atoms with E-state index in [-0.39, 0.29) is 18.7 Å². The SMILES string of the molecule is CCCC(NC)OP(OC(CCC)NC)OC(CCC)NC. The van der Waals surface area contributed by atoms with Gasteiger partial charge in [0.2, 0.25) is 0 Å². The lowest BCUT2D eigenvalue weighted by Gasteiger charge is -2.29. The van der Waals surface area contributed by atoms with Crippen molar-refractivity contribution in [2.75, 3.05) is 21.1 Å². The van der Waals surface area contributed by atoms with E-state index in [0.29, 0.717) is 0 Å². The van der Waals surface area contributed by atoms with Gasteiger partial charge in [-0.1, -0.05) is 40.0 Å². The molecule has 6 nitrogen and oxygen atoms in total. The Morgan fingerprint density at radius 3 is 1.09 bits per heavy atom. The molecule has 0 aliphatic carbocycles. The second-order valence-electron chi connectivity index (χ2n) is 5.24. The molecule has 3 N–H and O–H groups in total. The second-order valence-corrected chi connectivity index (χ2v) is 6.32. The van der Waals surface area contributed by atoms with E-state index in [1.165, 1.54) is 0 Å². The van der Waals surface area contributed by atoms with Crippen LogP contribution in [0.25, 0.3) is 0 Å². The second kappa shape index (κ2) is 14.8. The highest BCUT2D eigenvalue weighted by molar-refractivity contribution is 7.41. The minimum absolute atomic E-state index is 0.0469. The van der Waals surface area contributed by atoms with Crippen LogP contribution in [-0.2, 0) is 13.6 Å². The normalized spacial score (nSPS) is 17.2. The van der Waals surface area contributed by atoms with Gasteiger partial charge in [-0.15, -0.1) is 0 Å². The van der Waals surface area contributed by atoms with Crippen LogP contribution in [0, 0.1) is 0 Å². The Morgan fingerprint density at radius 1 is 0.636 bits per heavy atom. The summed E-state index contributed by atoms with van der Waals surface area (Å²) in [6.07, 6.45) is 5.78. The fraction of sp³-hybridized carbons (Fsp3) is 1.00. The third kappa shape index (κ3) is 10.1. The third-order valence-corrected chi connectivity index (χ3v) is 4.54. The van der Waals surface area contributed by atoms with Crippen molar-refractivity contribution in [1.29, 1.82) is 0 Å². The van der Waals surface area contributed by atoms with E-state index in [4.69, 9.17) is 13.6 Å². The summed E-state index contributed by atoms with van der Waals surface area (Å²) in [5, 5.41) is 9.52. The summed E-state index contributed by atoms with van der Waals surface area (Å²) in [5.41, 5.74) is 0. The standard InChI is InChI=1S/C15H36N3O3P/c1-7-10-13(16-4)19-22(20-14(17-5)11-8-2)21-15(18-6)12-9-3/h13-18H,7-12H2,1-6H3. The van der Waals surface area contributed by atoms with Gasteiger partial charge < -0.3 is 0 Å². The minimum atomic E-state index is -1.42. The molecule has 0 aromatic rings. The number of hydrogen-bond acceptors (Lipinski definition) is 6. The van der Waals surface area contributed by atoms with Gasteiger partial charge in [0, 0.05) is 0 Å². The predicted molar refractivity (Wildman–Crippen MR) is 93.4 cm³/mol. The average molecular weight is 337 g/mol. The van der Waals surface area contributed by atoms with Gasteiger partial charge >= 0.3 is 8.60 Å². The summed E-state index contributed by atoms with van der Waals surface area (Å²) in [6, 6.07) is 0. The van der Waals surface area contributed by atoms with Gasteiger partial charge in [0.15, 0.2) is 0 Å². The molecule has 0 aromatic carbocycles. The smallest absolute Gasteiger partial charge is 0.295 e. The van der Waals surface area contributed by atoms with Gasteiger partial charge in [0.1, 0.15) is 18.7 Å². The quantitative estimate of drug-likeness (QED) is 0.315. The average Bonchev–Trinajstić information content (AvgIpc) is 2.53. The zero-order chi connectivity index (χ0) is 16.8. The van der Waals surface area contributed by atoms with E-state index < -0.39 is 8.60 Å². The molecule has 0 bridgehead atoms. The van der Waals surface area contributed by atoms with Crippen LogP contribution in [-0.4, -0.2) is 39.8 Å². The van der Waals surface area contributed by atoms with E-state index in [9.17, 15) is 0 Å². The molecule has 3 unspecified atom stereocenters. The van der Waals surface area contributed by atoms with Gasteiger partial charge in [-0.05, 0) is 40.4 Å². The lowest BCUT2D eigenvalue weighted by molar-refractivity contribution is 0.0364. The summed E-state index contributed by atoms with van der Waals surface area (Å²) in [5.74, 6) is 0. The number of nitrogens with one attached hydrogen (secondary N) is 3. The van der Waals surface area contributed by atoms with Crippen LogP contribution >= 0.6 is 8.60 Å². The molecule has 0 rings (SSSR count). The van der Waals surface area contributed by atoms with Crippen LogP contribution in [0.1, 0.15) is 59.3 Å². The predicted octanol–water partition coefficient (Wildman–Crippen LogP) is 3.30. The van der Waals surface area contributed by atoms with Crippen molar-refractivity contribution in [2.24, 2.45) is 0 Å². The molecule has 0 aliphatic rings. The largest absolute Gasteiger partial charge is 0.337 e. The van der Waals surface area contributed by atoms with Crippen molar-refractivity contribution in [2.45, 2.75) is 78.0 Å². The van der Waals surface area contributed by atoms with Gasteiger partial charge in [0.05, 0.1) is 0 Å². The zero-order valence-corrected chi connectivity index (χ0v) is 16.0. The molecule has 0 aliphatic heterocycles. The molecular formula is C15H36N3O3P. The van der Waals surface area contributed by atoms with Crippen LogP contribution in [0.4, 0.5) is 0 Å². The van der Waals surface area contributed by atoms with Crippen molar-refractivity contribution in [3.63, 3.8) is 0 Å². The van der Waals surface area contributed by atoms with E-state index in [1.54, 1.807) is 0 Å². The third-order valence-electron chi connectivity index (χ3n) is 3.26. The molecule has 0 saturated carbocycles. The summed E-state index contributed by atoms with van der Waals surface area (Å²) in [4.78, 5) is 0. The van der Waals surface area contributed by atoms with Gasteiger partial charge in [0.25, 0.3) is 0 Å². The van der Waals surface area contributed by atoms with Gasteiger partial charge in [-0.25, -0.2) is 0 Å². The van der Waals surface area contributed by atoms with E-state index in [2.05, 4.69) is 36.7 Å². The maximum atomic E-state index is 6.03. The molecule has 7 heteroatoms. The van der Waals surface area contributed by atoms with Gasteiger partial charge in [-0.3, -0.25) is 29.5 Å². The van der Waals surface area contributed by atoms with Crippen molar-refractivity contribution in [3.05, 3.63) is 0 Å². The van der Waals surface area contributed by atoms with E-state index in [1.807, 2.05) is 21.1 Å². The topological polar surface area (TPSA) is 63.8 Å². The highest BCUT2D eigenvalue weighted by atomic mass is 31.2. The Bertz CT molecular complexity index is 212. The first-order chi connectivity index (χ1) is 10.6. The molecule has 134 valence electrons. The molecule has 0 saturated heterocycles. The molecule has 0 aromatic heterocycles. The molecule has 0 heterocycles. The first-order valence-corrected chi connectivity index (χ1v) is 9.56. The molecule has 0 spiro atoms. The lowest BCUT2D eigenvalue weighted by atomic mass is 10.3. The minimum Gasteiger partial charge on any atom is -0.295 e. The highest BCUT2D eigenvalue weighted by Gasteiger charge is 2.25. The Morgan fingerprint density at radius 2 is 0.909 bits per heavy atom. The summed E-state index contributed by atoms with van der Waals surface area (Å²) in [7, 11) is 4.28. The summed E-state index contributed by atoms with van der Waals surface area (Å²) < 4.78 is 18.1. The molecule has 0 amide bonds. The molecule has 22 heavy (non-hydrogen) atoms. The van der Waals surface area contributed by atoms with Crippen LogP contribution in [0.5, 0.6) is 0 Å². The number of rotatable bonds is 15. The summed E-state index contributed by atoms with van der Waals surface area (Å²) in [6.45, 7) is 6.41. The first-order valence-electron chi connectivity index (χ1n) is 8.47. The Hall–Kier alpha value is 0.190. The Labute approximate surface area is 138 Å². The van der Waals surface area contributed by atoms with Crippen molar-refractivity contribution >= 4 is 8.60 Å². The van der Waals surface area contributed by atoms with Crippen LogP contribution < -0.4 is 16.0 Å². The maximum absolute atomic E-state index is 6.03. The Balaban J connectivity index is 4.71. The monoisotopic (exact) mass is 337 g/mol. The van der Waals surface area contributed by atoms with E-state index in [0.717, 1.165) is 38.5 Å². The molecule has 3 atom stereocenters. The lowest BCUT2D eigenvalue weighted by Crippen LogP contribution is -2.33. The molecule has 0 fully saturated rings. The first kappa shape index (κ1) is 22.2. The molecular weight excluding hydrogens is 301 g/mol.